The van der Waals surface area contributed by atoms with Gasteiger partial charge in [-0.3, -0.25) is 4.79 Å². The maximum absolute atomic E-state index is 13.8. The van der Waals surface area contributed by atoms with E-state index in [4.69, 9.17) is 4.74 Å². The molecule has 0 fully saturated rings. The highest BCUT2D eigenvalue weighted by Crippen LogP contribution is 2.34. The van der Waals surface area contributed by atoms with Crippen LogP contribution in [0.4, 0.5) is 10.2 Å². The molecule has 2 aromatic carbocycles. The molecule has 1 heterocycles. The molecule has 1 amide bonds. The van der Waals surface area contributed by atoms with Gasteiger partial charge in [-0.25, -0.2) is 9.07 Å². The van der Waals surface area contributed by atoms with Gasteiger partial charge in [-0.2, -0.15) is 11.8 Å². The molecule has 3 aromatic rings. The van der Waals surface area contributed by atoms with E-state index in [1.807, 2.05) is 50.4 Å². The zero-order valence-electron chi connectivity index (χ0n) is 17.0. The van der Waals surface area contributed by atoms with Crippen LogP contribution in [0, 0.1) is 5.82 Å². The Bertz CT molecular complexity index is 1010. The summed E-state index contributed by atoms with van der Waals surface area (Å²) in [5, 5.41) is 7.95. The number of rotatable bonds is 8. The molecule has 0 bridgehead atoms. The van der Waals surface area contributed by atoms with Crippen LogP contribution in [0.5, 0.6) is 5.75 Å². The van der Waals surface area contributed by atoms with Crippen LogP contribution in [0.15, 0.2) is 42.5 Å². The molecule has 1 aromatic heterocycles. The van der Waals surface area contributed by atoms with Gasteiger partial charge in [-0.1, -0.05) is 12.1 Å². The average molecular weight is 417 g/mol. The Morgan fingerprint density at radius 3 is 2.76 bits per heavy atom. The molecular weight excluding hydrogens is 391 g/mol. The second-order valence-electron chi connectivity index (χ2n) is 6.91. The summed E-state index contributed by atoms with van der Waals surface area (Å²) in [7, 11) is 3.95. The number of halogens is 1. The summed E-state index contributed by atoms with van der Waals surface area (Å²) in [6.07, 6.45) is 1.88. The molecule has 0 saturated heterocycles. The van der Waals surface area contributed by atoms with E-state index in [9.17, 15) is 9.18 Å². The molecule has 0 radical (unpaired) electrons. The highest BCUT2D eigenvalue weighted by atomic mass is 32.2. The molecule has 0 spiro atoms. The zero-order valence-corrected chi connectivity index (χ0v) is 17.8. The van der Waals surface area contributed by atoms with Crippen molar-refractivity contribution < 1.29 is 13.9 Å². The fourth-order valence-electron chi connectivity index (χ4n) is 2.81. The van der Waals surface area contributed by atoms with Crippen molar-refractivity contribution >= 4 is 34.4 Å². The number of carbonyl (C=O) groups excluding carboxylic acids is 1. The summed E-state index contributed by atoms with van der Waals surface area (Å²) in [5.41, 5.74) is 1.30. The number of likely N-dealkylation sites (N-methyl/N-ethyl adjacent to an activating group) is 1. The first-order valence-corrected chi connectivity index (χ1v) is 10.6. The predicted octanol–water partition coefficient (Wildman–Crippen LogP) is 3.80. The van der Waals surface area contributed by atoms with Crippen molar-refractivity contribution in [2.24, 2.45) is 0 Å². The van der Waals surface area contributed by atoms with Crippen LogP contribution in [0.3, 0.4) is 0 Å². The van der Waals surface area contributed by atoms with E-state index in [2.05, 4.69) is 10.4 Å². The Morgan fingerprint density at radius 1 is 1.31 bits per heavy atom. The molecule has 0 unspecified atom stereocenters. The van der Waals surface area contributed by atoms with Crippen LogP contribution in [-0.2, 0) is 4.79 Å². The monoisotopic (exact) mass is 416 g/mol. The number of aromatic nitrogens is 2. The Kier molecular flexibility index (Phi) is 6.76. The first-order valence-electron chi connectivity index (χ1n) is 9.29. The van der Waals surface area contributed by atoms with Gasteiger partial charge in [0.1, 0.15) is 18.2 Å². The quantitative estimate of drug-likeness (QED) is 0.605. The first-order chi connectivity index (χ1) is 13.9. The van der Waals surface area contributed by atoms with Gasteiger partial charge < -0.3 is 15.0 Å². The topological polar surface area (TPSA) is 59.4 Å². The standard InChI is InChI=1S/C21H25FN4O2S/c1-14(29-4)21(27)23-20-19-17(9-6-10-18(19)28-12-11-25(2)3)26(24-20)16-8-5-7-15(22)13-16/h5-10,13-14H,11-12H2,1-4H3,(H,23,24,27)/t14-/m0/s1. The molecule has 1 atom stereocenters. The maximum atomic E-state index is 13.8. The van der Waals surface area contributed by atoms with Crippen LogP contribution in [0.1, 0.15) is 6.92 Å². The first kappa shape index (κ1) is 21.1. The number of hydrogen-bond acceptors (Lipinski definition) is 5. The number of nitrogens with one attached hydrogen (secondary N) is 1. The SMILES string of the molecule is CS[C@@H](C)C(=O)Nc1nn(-c2cccc(F)c2)c2cccc(OCCN(C)C)c12. The van der Waals surface area contributed by atoms with Crippen molar-refractivity contribution in [1.29, 1.82) is 0 Å². The summed E-state index contributed by atoms with van der Waals surface area (Å²) in [6, 6.07) is 11.8. The molecule has 3 rings (SSSR count). The minimum Gasteiger partial charge on any atom is -0.491 e. The van der Waals surface area contributed by atoms with Crippen molar-refractivity contribution in [1.82, 2.24) is 14.7 Å². The molecule has 0 saturated carbocycles. The molecule has 8 heteroatoms. The van der Waals surface area contributed by atoms with Gasteiger partial charge in [0.2, 0.25) is 5.91 Å². The highest BCUT2D eigenvalue weighted by Gasteiger charge is 2.20. The van der Waals surface area contributed by atoms with Gasteiger partial charge in [0, 0.05) is 6.54 Å². The van der Waals surface area contributed by atoms with Crippen LogP contribution < -0.4 is 10.1 Å². The zero-order chi connectivity index (χ0) is 21.0. The number of fused-ring (bicyclic) bond motifs is 1. The third-order valence-corrected chi connectivity index (χ3v) is 5.40. The van der Waals surface area contributed by atoms with Crippen LogP contribution in [0.25, 0.3) is 16.6 Å². The third kappa shape index (κ3) is 4.89. The van der Waals surface area contributed by atoms with Gasteiger partial charge in [-0.15, -0.1) is 5.10 Å². The third-order valence-electron chi connectivity index (χ3n) is 4.48. The van der Waals surface area contributed by atoms with E-state index >= 15 is 0 Å². The number of nitrogens with zero attached hydrogens (tertiary/aromatic N) is 3. The van der Waals surface area contributed by atoms with Crippen LogP contribution in [-0.4, -0.2) is 59.3 Å². The summed E-state index contributed by atoms with van der Waals surface area (Å²) in [6.45, 7) is 3.08. The number of hydrogen-bond donors (Lipinski definition) is 1. The second-order valence-corrected chi connectivity index (χ2v) is 8.09. The Labute approximate surface area is 174 Å². The Morgan fingerprint density at radius 2 is 2.07 bits per heavy atom. The normalized spacial score (nSPS) is 12.3. The molecular formula is C21H25FN4O2S. The van der Waals surface area contributed by atoms with Crippen LogP contribution in [0.2, 0.25) is 0 Å². The molecule has 0 aliphatic heterocycles. The summed E-state index contributed by atoms with van der Waals surface area (Å²) in [5.74, 6) is 0.521. The van der Waals surface area contributed by atoms with E-state index in [0.29, 0.717) is 29.2 Å². The molecule has 6 nitrogen and oxygen atoms in total. The molecule has 0 aliphatic carbocycles. The van der Waals surface area contributed by atoms with Gasteiger partial charge in [0.05, 0.1) is 21.8 Å². The summed E-state index contributed by atoms with van der Waals surface area (Å²) >= 11 is 1.45. The number of thioether (sulfide) groups is 1. The van der Waals surface area contributed by atoms with E-state index in [1.165, 1.54) is 23.9 Å². The van der Waals surface area contributed by atoms with Gasteiger partial charge >= 0.3 is 0 Å². The van der Waals surface area contributed by atoms with E-state index in [1.54, 1.807) is 16.8 Å². The minimum atomic E-state index is -0.355. The smallest absolute Gasteiger partial charge is 0.238 e. The lowest BCUT2D eigenvalue weighted by molar-refractivity contribution is -0.115. The Hall–Kier alpha value is -2.58. The fraction of sp³-hybridized carbons (Fsp3) is 0.333. The molecule has 0 aliphatic rings. The Balaban J connectivity index is 2.09. The largest absolute Gasteiger partial charge is 0.491 e. The predicted molar refractivity (Wildman–Crippen MR) is 117 cm³/mol. The van der Waals surface area contributed by atoms with Gasteiger partial charge in [0.25, 0.3) is 0 Å². The lowest BCUT2D eigenvalue weighted by Gasteiger charge is -2.13. The molecule has 1 N–H and O–H groups in total. The number of ether oxygens (including phenoxy) is 1. The maximum Gasteiger partial charge on any atom is 0.238 e. The van der Waals surface area contributed by atoms with Crippen molar-refractivity contribution in [2.45, 2.75) is 12.2 Å². The number of carbonyl (C=O) groups is 1. The van der Waals surface area contributed by atoms with Crippen molar-refractivity contribution in [3.05, 3.63) is 48.3 Å². The van der Waals surface area contributed by atoms with Crippen molar-refractivity contribution in [3.8, 4) is 11.4 Å². The lowest BCUT2D eigenvalue weighted by Crippen LogP contribution is -2.22. The average Bonchev–Trinajstić information content (AvgIpc) is 3.06. The minimum absolute atomic E-state index is 0.147. The van der Waals surface area contributed by atoms with E-state index in [-0.39, 0.29) is 17.0 Å². The van der Waals surface area contributed by atoms with Gasteiger partial charge in [-0.05, 0) is 57.6 Å². The lowest BCUT2D eigenvalue weighted by atomic mass is 10.2. The summed E-state index contributed by atoms with van der Waals surface area (Å²) in [4.78, 5) is 14.5. The van der Waals surface area contributed by atoms with Gasteiger partial charge in [0.15, 0.2) is 5.82 Å². The molecule has 29 heavy (non-hydrogen) atoms. The number of benzene rings is 2. The number of amides is 1. The number of anilines is 1. The molecule has 154 valence electrons. The second kappa shape index (κ2) is 9.28. The highest BCUT2D eigenvalue weighted by molar-refractivity contribution is 7.99. The summed E-state index contributed by atoms with van der Waals surface area (Å²) < 4.78 is 21.4. The van der Waals surface area contributed by atoms with Crippen molar-refractivity contribution in [2.75, 3.05) is 38.8 Å². The van der Waals surface area contributed by atoms with Crippen LogP contribution >= 0.6 is 11.8 Å². The van der Waals surface area contributed by atoms with E-state index in [0.717, 1.165) is 12.1 Å². The van der Waals surface area contributed by atoms with E-state index < -0.39 is 0 Å². The fourth-order valence-corrected chi connectivity index (χ4v) is 3.09. The van der Waals surface area contributed by atoms with Crippen molar-refractivity contribution in [3.63, 3.8) is 0 Å².